The molecule has 2 aromatic carbocycles. The fourth-order valence-electron chi connectivity index (χ4n) is 4.65. The first-order chi connectivity index (χ1) is 15.0. The molecule has 162 valence electrons. The van der Waals surface area contributed by atoms with Crippen molar-refractivity contribution in [2.75, 3.05) is 26.2 Å². The van der Waals surface area contributed by atoms with E-state index in [1.807, 2.05) is 43.3 Å². The van der Waals surface area contributed by atoms with Crippen molar-refractivity contribution in [1.82, 2.24) is 0 Å². The highest BCUT2D eigenvalue weighted by atomic mass is 16.5. The predicted molar refractivity (Wildman–Crippen MR) is 118 cm³/mol. The number of allylic oxidation sites excluding steroid dienone is 2. The summed E-state index contributed by atoms with van der Waals surface area (Å²) < 4.78 is 16.4. The van der Waals surface area contributed by atoms with Crippen molar-refractivity contribution in [2.24, 2.45) is 0 Å². The third kappa shape index (κ3) is 3.67. The number of ether oxygens (including phenoxy) is 3. The molecule has 0 aromatic heterocycles. The number of carbonyl (C=O) groups is 2. The first-order valence-electron chi connectivity index (χ1n) is 10.4. The van der Waals surface area contributed by atoms with Gasteiger partial charge in [0.25, 0.3) is 0 Å². The Morgan fingerprint density at radius 3 is 2.26 bits per heavy atom. The monoisotopic (exact) mass is 421 g/mol. The molecule has 0 fully saturated rings. The van der Waals surface area contributed by atoms with Crippen LogP contribution in [0.1, 0.15) is 42.7 Å². The van der Waals surface area contributed by atoms with Gasteiger partial charge in [-0.05, 0) is 55.2 Å². The Morgan fingerprint density at radius 1 is 0.935 bits per heavy atom. The molecule has 6 nitrogen and oxygen atoms in total. The van der Waals surface area contributed by atoms with Crippen molar-refractivity contribution in [3.63, 3.8) is 0 Å². The van der Waals surface area contributed by atoms with Gasteiger partial charge in [0.2, 0.25) is 11.7 Å². The van der Waals surface area contributed by atoms with Gasteiger partial charge in [0, 0.05) is 35.7 Å². The maximum atomic E-state index is 13.4. The summed E-state index contributed by atoms with van der Waals surface area (Å²) in [5.74, 6) is 1.25. The molecule has 1 unspecified atom stereocenters. The fraction of sp³-hybridized carbons (Fsp3) is 0.360. The van der Waals surface area contributed by atoms with E-state index in [0.29, 0.717) is 30.1 Å². The maximum Gasteiger partial charge on any atom is 0.232 e. The van der Waals surface area contributed by atoms with E-state index < -0.39 is 0 Å². The highest BCUT2D eigenvalue weighted by Gasteiger charge is 2.40. The first kappa shape index (κ1) is 21.0. The summed E-state index contributed by atoms with van der Waals surface area (Å²) in [4.78, 5) is 28.2. The topological polar surface area (TPSA) is 65.1 Å². The molecular weight excluding hydrogens is 394 g/mol. The number of ketones is 1. The number of amides is 1. The number of hydrogen-bond acceptors (Lipinski definition) is 5. The summed E-state index contributed by atoms with van der Waals surface area (Å²) in [5.41, 5.74) is 4.24. The number of aryl methyl sites for hydroxylation is 1. The van der Waals surface area contributed by atoms with Gasteiger partial charge in [-0.15, -0.1) is 0 Å². The van der Waals surface area contributed by atoms with E-state index in [4.69, 9.17) is 14.2 Å². The van der Waals surface area contributed by atoms with Crippen LogP contribution in [0.2, 0.25) is 0 Å². The molecule has 0 radical (unpaired) electrons. The molecule has 2 aromatic rings. The van der Waals surface area contributed by atoms with Gasteiger partial charge in [0.1, 0.15) is 0 Å². The minimum atomic E-state index is -0.343. The van der Waals surface area contributed by atoms with E-state index in [2.05, 4.69) is 0 Å². The summed E-state index contributed by atoms with van der Waals surface area (Å²) in [6.45, 7) is 2.00. The molecule has 1 amide bonds. The lowest BCUT2D eigenvalue weighted by atomic mass is 9.77. The molecule has 0 saturated carbocycles. The fourth-order valence-corrected chi connectivity index (χ4v) is 4.65. The Kier molecular flexibility index (Phi) is 5.72. The third-order valence-corrected chi connectivity index (χ3v) is 6.02. The van der Waals surface area contributed by atoms with E-state index in [-0.39, 0.29) is 24.0 Å². The van der Waals surface area contributed by atoms with Crippen LogP contribution >= 0.6 is 0 Å². The van der Waals surface area contributed by atoms with Crippen molar-refractivity contribution in [1.29, 1.82) is 0 Å². The van der Waals surface area contributed by atoms with Crippen LogP contribution in [0.15, 0.2) is 47.7 Å². The van der Waals surface area contributed by atoms with E-state index >= 15 is 0 Å². The molecule has 0 N–H and O–H groups in total. The Labute approximate surface area is 182 Å². The molecule has 2 aliphatic rings. The molecule has 1 atom stereocenters. The molecule has 0 bridgehead atoms. The highest BCUT2D eigenvalue weighted by molar-refractivity contribution is 6.07. The van der Waals surface area contributed by atoms with Gasteiger partial charge in [-0.1, -0.05) is 12.1 Å². The summed E-state index contributed by atoms with van der Waals surface area (Å²) in [6, 6.07) is 11.5. The predicted octanol–water partition coefficient (Wildman–Crippen LogP) is 4.55. The van der Waals surface area contributed by atoms with Crippen LogP contribution in [-0.2, 0) is 9.59 Å². The van der Waals surface area contributed by atoms with Crippen LogP contribution in [0.25, 0.3) is 0 Å². The highest BCUT2D eigenvalue weighted by Crippen LogP contribution is 2.47. The molecule has 1 heterocycles. The quantitative estimate of drug-likeness (QED) is 0.709. The zero-order valence-electron chi connectivity index (χ0n) is 18.4. The van der Waals surface area contributed by atoms with Crippen LogP contribution in [0.5, 0.6) is 17.2 Å². The van der Waals surface area contributed by atoms with E-state index in [0.717, 1.165) is 34.5 Å². The standard InChI is InChI=1S/C25H27NO5/c1-15-7-5-8-17(11-15)26-19-9-6-10-20(27)24(19)18(14-23(26)28)16-12-21(29-2)25(31-4)22(13-16)30-3/h5,7-8,11-13,18H,6,9-10,14H2,1-4H3. The second kappa shape index (κ2) is 8.46. The van der Waals surface area contributed by atoms with Crippen LogP contribution in [0.3, 0.4) is 0 Å². The van der Waals surface area contributed by atoms with Crippen molar-refractivity contribution in [3.05, 3.63) is 58.8 Å². The lowest BCUT2D eigenvalue weighted by molar-refractivity contribution is -0.119. The second-order valence-electron chi connectivity index (χ2n) is 7.92. The van der Waals surface area contributed by atoms with Crippen molar-refractivity contribution in [2.45, 2.75) is 38.5 Å². The van der Waals surface area contributed by atoms with Gasteiger partial charge in [-0.3, -0.25) is 14.5 Å². The number of carbonyl (C=O) groups excluding carboxylic acids is 2. The van der Waals surface area contributed by atoms with Crippen molar-refractivity contribution in [3.8, 4) is 17.2 Å². The lowest BCUT2D eigenvalue weighted by Gasteiger charge is -2.38. The smallest absolute Gasteiger partial charge is 0.232 e. The van der Waals surface area contributed by atoms with Gasteiger partial charge in [0.15, 0.2) is 17.3 Å². The first-order valence-corrected chi connectivity index (χ1v) is 10.4. The number of methoxy groups -OCH3 is 3. The molecule has 6 heteroatoms. The molecule has 0 saturated heterocycles. The average molecular weight is 421 g/mol. The number of rotatable bonds is 5. The van der Waals surface area contributed by atoms with Gasteiger partial charge in [-0.2, -0.15) is 0 Å². The Hall–Kier alpha value is -3.28. The lowest BCUT2D eigenvalue weighted by Crippen LogP contribution is -2.40. The van der Waals surface area contributed by atoms with E-state index in [1.54, 1.807) is 26.2 Å². The van der Waals surface area contributed by atoms with E-state index in [9.17, 15) is 9.59 Å². The molecule has 31 heavy (non-hydrogen) atoms. The van der Waals surface area contributed by atoms with Gasteiger partial charge >= 0.3 is 0 Å². The summed E-state index contributed by atoms with van der Waals surface area (Å²) in [5, 5.41) is 0. The third-order valence-electron chi connectivity index (χ3n) is 6.02. The van der Waals surface area contributed by atoms with Crippen molar-refractivity contribution < 1.29 is 23.8 Å². The zero-order chi connectivity index (χ0) is 22.1. The Morgan fingerprint density at radius 2 is 1.65 bits per heavy atom. The minimum absolute atomic E-state index is 0.0159. The van der Waals surface area contributed by atoms with Crippen LogP contribution in [0.4, 0.5) is 5.69 Å². The van der Waals surface area contributed by atoms with Gasteiger partial charge in [0.05, 0.1) is 21.3 Å². The van der Waals surface area contributed by atoms with E-state index in [1.165, 1.54) is 0 Å². The number of anilines is 1. The number of Topliss-reactive ketones (excluding diaryl/α,β-unsaturated/α-hetero) is 1. The largest absolute Gasteiger partial charge is 0.493 e. The summed E-state index contributed by atoms with van der Waals surface area (Å²) in [6.07, 6.45) is 2.14. The summed E-state index contributed by atoms with van der Waals surface area (Å²) in [7, 11) is 4.67. The maximum absolute atomic E-state index is 13.4. The molecular formula is C25H27NO5. The molecule has 1 aliphatic carbocycles. The minimum Gasteiger partial charge on any atom is -0.493 e. The average Bonchev–Trinajstić information content (AvgIpc) is 2.77. The number of benzene rings is 2. The van der Waals surface area contributed by atoms with Crippen molar-refractivity contribution >= 4 is 17.4 Å². The number of hydrogen-bond donors (Lipinski definition) is 0. The van der Waals surface area contributed by atoms with Crippen LogP contribution < -0.4 is 19.1 Å². The molecule has 1 aliphatic heterocycles. The second-order valence-corrected chi connectivity index (χ2v) is 7.92. The van der Waals surface area contributed by atoms with Gasteiger partial charge < -0.3 is 14.2 Å². The van der Waals surface area contributed by atoms with Crippen LogP contribution in [-0.4, -0.2) is 33.0 Å². The normalized spacial score (nSPS) is 18.7. The SMILES string of the molecule is COc1cc(C2CC(=O)N(c3cccc(C)c3)C3=C2C(=O)CCC3)cc(OC)c1OC. The van der Waals surface area contributed by atoms with Crippen LogP contribution in [0, 0.1) is 6.92 Å². The molecule has 0 spiro atoms. The zero-order valence-corrected chi connectivity index (χ0v) is 18.4. The number of nitrogens with zero attached hydrogens (tertiary/aromatic N) is 1. The molecule has 4 rings (SSSR count). The Balaban J connectivity index is 1.88. The summed E-state index contributed by atoms with van der Waals surface area (Å²) >= 11 is 0. The van der Waals surface area contributed by atoms with Gasteiger partial charge in [-0.25, -0.2) is 0 Å². The Bertz CT molecular complexity index is 1050.